The Balaban J connectivity index is 1.55. The number of allylic oxidation sites excluding steroid dienone is 1. The van der Waals surface area contributed by atoms with Gasteiger partial charge < -0.3 is 15.5 Å². The van der Waals surface area contributed by atoms with Gasteiger partial charge in [0.05, 0.1) is 17.4 Å². The van der Waals surface area contributed by atoms with Crippen molar-refractivity contribution in [1.82, 2.24) is 0 Å². The van der Waals surface area contributed by atoms with E-state index in [4.69, 9.17) is 0 Å². The van der Waals surface area contributed by atoms with Crippen LogP contribution < -0.4 is 15.5 Å². The predicted molar refractivity (Wildman–Crippen MR) is 132 cm³/mol. The molecule has 1 aliphatic carbocycles. The Hall–Kier alpha value is -3.53. The molecule has 0 amide bonds. The normalized spacial score (nSPS) is 19.9. The maximum Gasteiger partial charge on any atom is 0.163 e. The molecule has 1 heterocycles. The molecule has 2 unspecified atom stereocenters. The summed E-state index contributed by atoms with van der Waals surface area (Å²) in [6.07, 6.45) is 1.35. The van der Waals surface area contributed by atoms with Gasteiger partial charge in [-0.1, -0.05) is 54.1 Å². The SMILES string of the molecule is Cc1ccc(C2Nc3ccccc3NC3=C2C(=O)CC(c2ccc(N(C)C)cc2)C3)cc1. The van der Waals surface area contributed by atoms with Crippen LogP contribution >= 0.6 is 0 Å². The number of Topliss-reactive ketones (excluding diaryl/α,β-unsaturated/α-hetero) is 1. The molecular formula is C28H29N3O. The summed E-state index contributed by atoms with van der Waals surface area (Å²) in [5, 5.41) is 7.27. The lowest BCUT2D eigenvalue weighted by molar-refractivity contribution is -0.116. The van der Waals surface area contributed by atoms with Gasteiger partial charge in [0.25, 0.3) is 0 Å². The van der Waals surface area contributed by atoms with Crippen LogP contribution in [0.4, 0.5) is 17.1 Å². The smallest absolute Gasteiger partial charge is 0.163 e. The van der Waals surface area contributed by atoms with Gasteiger partial charge in [-0.15, -0.1) is 0 Å². The zero-order valence-electron chi connectivity index (χ0n) is 18.9. The zero-order chi connectivity index (χ0) is 22.2. The zero-order valence-corrected chi connectivity index (χ0v) is 18.9. The summed E-state index contributed by atoms with van der Waals surface area (Å²) >= 11 is 0. The third-order valence-electron chi connectivity index (χ3n) is 6.60. The predicted octanol–water partition coefficient (Wildman–Crippen LogP) is 6.04. The van der Waals surface area contributed by atoms with Gasteiger partial charge in [-0.05, 0) is 54.7 Å². The molecular weight excluding hydrogens is 394 g/mol. The Morgan fingerprint density at radius 1 is 0.812 bits per heavy atom. The number of rotatable bonds is 3. The molecule has 2 aliphatic rings. The molecule has 3 aromatic carbocycles. The summed E-state index contributed by atoms with van der Waals surface area (Å²) in [7, 11) is 4.09. The first-order chi connectivity index (χ1) is 15.5. The molecule has 0 saturated carbocycles. The minimum atomic E-state index is -0.161. The molecule has 0 radical (unpaired) electrons. The van der Waals surface area contributed by atoms with Crippen molar-refractivity contribution in [2.45, 2.75) is 31.7 Å². The quantitative estimate of drug-likeness (QED) is 0.539. The van der Waals surface area contributed by atoms with Crippen LogP contribution in [-0.4, -0.2) is 19.9 Å². The first kappa shape index (κ1) is 20.4. The molecule has 0 bridgehead atoms. The monoisotopic (exact) mass is 423 g/mol. The summed E-state index contributed by atoms with van der Waals surface area (Å²) in [6.45, 7) is 2.09. The highest BCUT2D eigenvalue weighted by Gasteiger charge is 2.36. The number of carbonyl (C=O) groups is 1. The summed E-state index contributed by atoms with van der Waals surface area (Å²) in [5.41, 5.74) is 8.65. The molecule has 2 N–H and O–H groups in total. The maximum atomic E-state index is 13.6. The lowest BCUT2D eigenvalue weighted by atomic mass is 9.78. The Kier molecular flexibility index (Phi) is 5.22. The molecule has 3 aromatic rings. The van der Waals surface area contributed by atoms with Crippen LogP contribution in [0.3, 0.4) is 0 Å². The molecule has 0 fully saturated rings. The number of nitrogens with one attached hydrogen (secondary N) is 2. The van der Waals surface area contributed by atoms with Gasteiger partial charge in [0.2, 0.25) is 0 Å². The molecule has 2 atom stereocenters. The third-order valence-corrected chi connectivity index (χ3v) is 6.60. The first-order valence-electron chi connectivity index (χ1n) is 11.2. The van der Waals surface area contributed by atoms with Crippen LogP contribution in [0.25, 0.3) is 0 Å². The van der Waals surface area contributed by atoms with Crippen molar-refractivity contribution in [2.75, 3.05) is 29.6 Å². The number of carbonyl (C=O) groups excluding carboxylic acids is 1. The minimum absolute atomic E-state index is 0.161. The van der Waals surface area contributed by atoms with Crippen molar-refractivity contribution < 1.29 is 4.79 Å². The van der Waals surface area contributed by atoms with E-state index in [0.29, 0.717) is 6.42 Å². The Morgan fingerprint density at radius 3 is 2.16 bits per heavy atom. The van der Waals surface area contributed by atoms with E-state index < -0.39 is 0 Å². The first-order valence-corrected chi connectivity index (χ1v) is 11.2. The fourth-order valence-corrected chi connectivity index (χ4v) is 4.78. The second-order valence-corrected chi connectivity index (χ2v) is 9.07. The number of anilines is 3. The lowest BCUT2D eigenvalue weighted by Gasteiger charge is -2.30. The molecule has 4 heteroatoms. The Bertz CT molecular complexity index is 1180. The van der Waals surface area contributed by atoms with Gasteiger partial charge in [-0.25, -0.2) is 0 Å². The number of aryl methyl sites for hydroxylation is 1. The van der Waals surface area contributed by atoms with E-state index in [2.05, 4.69) is 83.1 Å². The largest absolute Gasteiger partial charge is 0.378 e. The number of fused-ring (bicyclic) bond motifs is 1. The second-order valence-electron chi connectivity index (χ2n) is 9.07. The molecule has 5 rings (SSSR count). The lowest BCUT2D eigenvalue weighted by Crippen LogP contribution is -2.26. The van der Waals surface area contributed by atoms with Crippen LogP contribution in [0.2, 0.25) is 0 Å². The van der Waals surface area contributed by atoms with Crippen molar-refractivity contribution in [3.63, 3.8) is 0 Å². The number of hydrogen-bond donors (Lipinski definition) is 2. The van der Waals surface area contributed by atoms with Crippen molar-refractivity contribution >= 4 is 22.8 Å². The molecule has 0 spiro atoms. The number of ketones is 1. The van der Waals surface area contributed by atoms with Crippen LogP contribution in [0.15, 0.2) is 84.1 Å². The van der Waals surface area contributed by atoms with E-state index in [-0.39, 0.29) is 17.7 Å². The van der Waals surface area contributed by atoms with E-state index in [1.165, 1.54) is 16.8 Å². The summed E-state index contributed by atoms with van der Waals surface area (Å²) in [6, 6.07) is 25.1. The van der Waals surface area contributed by atoms with Gasteiger partial charge in [0.15, 0.2) is 5.78 Å². The third kappa shape index (κ3) is 3.77. The van der Waals surface area contributed by atoms with Crippen LogP contribution in [-0.2, 0) is 4.79 Å². The highest BCUT2D eigenvalue weighted by Crippen LogP contribution is 2.44. The molecule has 0 saturated heterocycles. The minimum Gasteiger partial charge on any atom is -0.378 e. The van der Waals surface area contributed by atoms with Crippen LogP contribution in [0, 0.1) is 6.92 Å². The average molecular weight is 424 g/mol. The van der Waals surface area contributed by atoms with Gasteiger partial charge in [0, 0.05) is 37.5 Å². The number of nitrogens with zero attached hydrogens (tertiary/aromatic N) is 1. The van der Waals surface area contributed by atoms with E-state index >= 15 is 0 Å². The Labute approximate surface area is 190 Å². The molecule has 4 nitrogen and oxygen atoms in total. The van der Waals surface area contributed by atoms with Gasteiger partial charge in [-0.3, -0.25) is 4.79 Å². The number of para-hydroxylation sites is 2. The summed E-state index contributed by atoms with van der Waals surface area (Å²) in [5.74, 6) is 0.389. The van der Waals surface area contributed by atoms with Crippen LogP contribution in [0.1, 0.15) is 41.5 Å². The average Bonchev–Trinajstić information content (AvgIpc) is 2.96. The fraction of sp³-hybridized carbons (Fsp3) is 0.250. The molecule has 1 aliphatic heterocycles. The van der Waals surface area contributed by atoms with Crippen LogP contribution in [0.5, 0.6) is 0 Å². The van der Waals surface area contributed by atoms with Crippen molar-refractivity contribution in [3.8, 4) is 0 Å². The highest BCUT2D eigenvalue weighted by atomic mass is 16.1. The fourth-order valence-electron chi connectivity index (χ4n) is 4.78. The van der Waals surface area contributed by atoms with Gasteiger partial charge in [0.1, 0.15) is 0 Å². The van der Waals surface area contributed by atoms with E-state index in [9.17, 15) is 4.79 Å². The molecule has 32 heavy (non-hydrogen) atoms. The Morgan fingerprint density at radius 2 is 1.47 bits per heavy atom. The topological polar surface area (TPSA) is 44.4 Å². The van der Waals surface area contributed by atoms with Crippen molar-refractivity contribution in [2.24, 2.45) is 0 Å². The van der Waals surface area contributed by atoms with Gasteiger partial charge >= 0.3 is 0 Å². The summed E-state index contributed by atoms with van der Waals surface area (Å²) < 4.78 is 0. The van der Waals surface area contributed by atoms with Crippen molar-refractivity contribution in [3.05, 3.63) is 101 Å². The molecule has 0 aromatic heterocycles. The maximum absolute atomic E-state index is 13.6. The number of hydrogen-bond acceptors (Lipinski definition) is 4. The second kappa shape index (κ2) is 8.19. The van der Waals surface area contributed by atoms with E-state index in [1.54, 1.807) is 0 Å². The summed E-state index contributed by atoms with van der Waals surface area (Å²) in [4.78, 5) is 15.7. The highest BCUT2D eigenvalue weighted by molar-refractivity contribution is 6.01. The van der Waals surface area contributed by atoms with E-state index in [1.807, 2.05) is 26.2 Å². The van der Waals surface area contributed by atoms with E-state index in [0.717, 1.165) is 34.6 Å². The standard InChI is InChI=1S/C28H29N3O/c1-18-8-10-20(11-9-18)28-27-25(29-23-6-4-5-7-24(23)30-28)16-21(17-26(27)32)19-12-14-22(15-13-19)31(2)3/h4-15,21,28-30H,16-17H2,1-3H3. The van der Waals surface area contributed by atoms with Crippen molar-refractivity contribution in [1.29, 1.82) is 0 Å². The van der Waals surface area contributed by atoms with Gasteiger partial charge in [-0.2, -0.15) is 0 Å². The number of benzene rings is 3. The molecule has 162 valence electrons.